The first-order valence-corrected chi connectivity index (χ1v) is 2.06. The minimum Gasteiger partial charge on any atom is -0.481 e. The average molecular weight is 150 g/mol. The van der Waals surface area contributed by atoms with E-state index in [2.05, 4.69) is 0 Å². The number of aliphatic carboxylic acids is 2. The van der Waals surface area contributed by atoms with Crippen molar-refractivity contribution in [3.8, 4) is 0 Å². The van der Waals surface area contributed by atoms with Crippen LogP contribution in [0.3, 0.4) is 0 Å². The minimum absolute atomic E-state index is 0. The van der Waals surface area contributed by atoms with Crippen LogP contribution in [0.2, 0.25) is 0 Å². The molecule has 0 atom stereocenters. The lowest BCUT2D eigenvalue weighted by molar-refractivity contribution is -0.143. The van der Waals surface area contributed by atoms with Gasteiger partial charge in [0.05, 0.1) is 12.8 Å². The SMILES string of the molecule is O=C(O)CCC(=O)O.[SiH4]. The summed E-state index contributed by atoms with van der Waals surface area (Å²) >= 11 is 0. The molecule has 0 radical (unpaired) electrons. The van der Waals surface area contributed by atoms with Gasteiger partial charge in [-0.2, -0.15) is 0 Å². The van der Waals surface area contributed by atoms with Crippen molar-refractivity contribution < 1.29 is 19.8 Å². The van der Waals surface area contributed by atoms with Crippen LogP contribution in [0.4, 0.5) is 0 Å². The molecule has 54 valence electrons. The summed E-state index contributed by atoms with van der Waals surface area (Å²) in [6.07, 6.45) is -0.593. The number of carboxylic acid groups (broad SMARTS) is 2. The normalized spacial score (nSPS) is 7.56. The quantitative estimate of drug-likeness (QED) is 0.479. The molecular weight excluding hydrogens is 140 g/mol. The number of rotatable bonds is 3. The summed E-state index contributed by atoms with van der Waals surface area (Å²) in [5.41, 5.74) is 0. The van der Waals surface area contributed by atoms with E-state index in [1.165, 1.54) is 0 Å². The highest BCUT2D eigenvalue weighted by atomic mass is 28.1. The molecule has 0 rings (SSSR count). The third kappa shape index (κ3) is 11.0. The molecule has 5 heteroatoms. The van der Waals surface area contributed by atoms with E-state index in [1.54, 1.807) is 0 Å². The summed E-state index contributed by atoms with van der Waals surface area (Å²) < 4.78 is 0. The number of carbonyl (C=O) groups is 2. The van der Waals surface area contributed by atoms with Gasteiger partial charge in [-0.15, -0.1) is 0 Å². The molecule has 0 bridgehead atoms. The Balaban J connectivity index is 0. The fourth-order valence-corrected chi connectivity index (χ4v) is 0.214. The molecule has 4 nitrogen and oxygen atoms in total. The fourth-order valence-electron chi connectivity index (χ4n) is 0.214. The van der Waals surface area contributed by atoms with E-state index in [0.717, 1.165) is 0 Å². The standard InChI is InChI=1S/C4H6O4.H4Si/c5-3(6)1-2-4(7)8;/h1-2H2,(H,5,6)(H,7,8);1H4. The maximum atomic E-state index is 9.64. The van der Waals surface area contributed by atoms with E-state index in [4.69, 9.17) is 10.2 Å². The van der Waals surface area contributed by atoms with Crippen molar-refractivity contribution in [1.29, 1.82) is 0 Å². The second-order valence-corrected chi connectivity index (χ2v) is 1.29. The predicted molar refractivity (Wildman–Crippen MR) is 35.8 cm³/mol. The van der Waals surface area contributed by atoms with E-state index < -0.39 is 11.9 Å². The Morgan fingerprint density at radius 1 is 1.00 bits per heavy atom. The Bertz CT molecular complexity index is 97.1. The van der Waals surface area contributed by atoms with Gasteiger partial charge in [-0.25, -0.2) is 0 Å². The topological polar surface area (TPSA) is 74.6 Å². The van der Waals surface area contributed by atoms with Crippen molar-refractivity contribution >= 4 is 22.9 Å². The van der Waals surface area contributed by atoms with Crippen LogP contribution in [0, 0.1) is 0 Å². The third-order valence-electron chi connectivity index (χ3n) is 0.553. The van der Waals surface area contributed by atoms with Crippen molar-refractivity contribution in [3.63, 3.8) is 0 Å². The van der Waals surface area contributed by atoms with Gasteiger partial charge in [-0.1, -0.05) is 0 Å². The molecule has 0 fully saturated rings. The largest absolute Gasteiger partial charge is 0.481 e. The Morgan fingerprint density at radius 2 is 1.22 bits per heavy atom. The first-order chi connectivity index (χ1) is 3.63. The van der Waals surface area contributed by atoms with Gasteiger partial charge >= 0.3 is 11.9 Å². The van der Waals surface area contributed by atoms with Crippen LogP contribution in [0.15, 0.2) is 0 Å². The lowest BCUT2D eigenvalue weighted by Crippen LogP contribution is -2.00. The first-order valence-electron chi connectivity index (χ1n) is 2.06. The van der Waals surface area contributed by atoms with Gasteiger partial charge in [-0.05, 0) is 11.0 Å². The third-order valence-corrected chi connectivity index (χ3v) is 0.553. The molecule has 0 aromatic heterocycles. The molecule has 0 saturated heterocycles. The van der Waals surface area contributed by atoms with Gasteiger partial charge in [0.15, 0.2) is 0 Å². The molecule has 0 spiro atoms. The van der Waals surface area contributed by atoms with E-state index >= 15 is 0 Å². The summed E-state index contributed by atoms with van der Waals surface area (Å²) in [5.74, 6) is -2.15. The van der Waals surface area contributed by atoms with Crippen molar-refractivity contribution in [3.05, 3.63) is 0 Å². The molecule has 0 aromatic carbocycles. The zero-order chi connectivity index (χ0) is 6.57. The fraction of sp³-hybridized carbons (Fsp3) is 0.500. The molecule has 0 saturated carbocycles. The Kier molecular flexibility index (Phi) is 6.49. The van der Waals surface area contributed by atoms with Crippen LogP contribution >= 0.6 is 0 Å². The van der Waals surface area contributed by atoms with Crippen molar-refractivity contribution in [1.82, 2.24) is 0 Å². The lowest BCUT2D eigenvalue weighted by atomic mass is 10.3. The van der Waals surface area contributed by atoms with Crippen LogP contribution in [0.5, 0.6) is 0 Å². The highest BCUT2D eigenvalue weighted by Crippen LogP contribution is 1.85. The maximum absolute atomic E-state index is 9.64. The summed E-state index contributed by atoms with van der Waals surface area (Å²) in [7, 11) is 0. The Morgan fingerprint density at radius 3 is 1.33 bits per heavy atom. The highest BCUT2D eigenvalue weighted by molar-refractivity contribution is 5.75. The number of hydrogen-bond donors (Lipinski definition) is 2. The van der Waals surface area contributed by atoms with Crippen molar-refractivity contribution in [2.75, 3.05) is 0 Å². The van der Waals surface area contributed by atoms with Crippen LogP contribution in [-0.4, -0.2) is 33.1 Å². The van der Waals surface area contributed by atoms with E-state index in [0.29, 0.717) is 0 Å². The van der Waals surface area contributed by atoms with Gasteiger partial charge < -0.3 is 10.2 Å². The summed E-state index contributed by atoms with van der Waals surface area (Å²) in [4.78, 5) is 19.3. The predicted octanol–water partition coefficient (Wildman–Crippen LogP) is -1.52. The average Bonchev–Trinajstić information content (AvgIpc) is 1.61. The molecule has 0 aromatic rings. The lowest BCUT2D eigenvalue weighted by Gasteiger charge is -1.85. The monoisotopic (exact) mass is 150 g/mol. The van der Waals surface area contributed by atoms with Gasteiger partial charge in [0, 0.05) is 0 Å². The zero-order valence-corrected chi connectivity index (χ0v) is 4.13. The number of hydrogen-bond acceptors (Lipinski definition) is 2. The molecule has 0 unspecified atom stereocenters. The molecule has 0 aliphatic heterocycles. The van der Waals surface area contributed by atoms with Crippen molar-refractivity contribution in [2.45, 2.75) is 12.8 Å². The van der Waals surface area contributed by atoms with Gasteiger partial charge in [-0.3, -0.25) is 9.59 Å². The van der Waals surface area contributed by atoms with Crippen molar-refractivity contribution in [2.24, 2.45) is 0 Å². The van der Waals surface area contributed by atoms with Crippen LogP contribution in [0.1, 0.15) is 12.8 Å². The molecular formula is C4H10O4Si. The molecule has 2 N–H and O–H groups in total. The Hall–Kier alpha value is -0.843. The van der Waals surface area contributed by atoms with Crippen LogP contribution < -0.4 is 0 Å². The molecule has 0 aliphatic rings. The second-order valence-electron chi connectivity index (χ2n) is 1.29. The van der Waals surface area contributed by atoms with Gasteiger partial charge in [0.25, 0.3) is 0 Å². The summed E-state index contributed by atoms with van der Waals surface area (Å²) in [5, 5.41) is 15.8. The molecule has 9 heavy (non-hydrogen) atoms. The smallest absolute Gasteiger partial charge is 0.303 e. The summed E-state index contributed by atoms with van der Waals surface area (Å²) in [6.45, 7) is 0. The van der Waals surface area contributed by atoms with Crippen LogP contribution in [-0.2, 0) is 9.59 Å². The van der Waals surface area contributed by atoms with E-state index in [9.17, 15) is 9.59 Å². The van der Waals surface area contributed by atoms with Crippen LogP contribution in [0.25, 0.3) is 0 Å². The Labute approximate surface area is 56.5 Å². The van der Waals surface area contributed by atoms with Gasteiger partial charge in [0.1, 0.15) is 0 Å². The zero-order valence-electron chi connectivity index (χ0n) is 4.13. The van der Waals surface area contributed by atoms with E-state index in [-0.39, 0.29) is 23.8 Å². The van der Waals surface area contributed by atoms with E-state index in [1.807, 2.05) is 0 Å². The second kappa shape index (κ2) is 5.30. The molecule has 0 amide bonds. The minimum atomic E-state index is -1.08. The number of carboxylic acids is 2. The first kappa shape index (κ1) is 11.0. The maximum Gasteiger partial charge on any atom is 0.303 e. The molecule has 0 heterocycles. The van der Waals surface area contributed by atoms with Gasteiger partial charge in [0.2, 0.25) is 0 Å². The highest BCUT2D eigenvalue weighted by Gasteiger charge is 2.00. The molecule has 0 aliphatic carbocycles. The summed E-state index contributed by atoms with van der Waals surface area (Å²) in [6, 6.07) is 0.